The SMILES string of the molecule is CN1CCN(C(=O)C2(Cc3ccccc3)CCNCC2)CC1.Cc1ccc(S(=O)(=O)O)cc1. The van der Waals surface area contributed by atoms with Crippen LogP contribution in [0.3, 0.4) is 0 Å². The maximum Gasteiger partial charge on any atom is 0.294 e. The summed E-state index contributed by atoms with van der Waals surface area (Å²) < 4.78 is 29.6. The molecular formula is C25H35N3O4S. The highest BCUT2D eigenvalue weighted by Crippen LogP contribution is 2.35. The maximum atomic E-state index is 13.3. The predicted molar refractivity (Wildman–Crippen MR) is 130 cm³/mol. The number of carbonyl (C=O) groups excluding carboxylic acids is 1. The lowest BCUT2D eigenvalue weighted by molar-refractivity contribution is -0.145. The van der Waals surface area contributed by atoms with Crippen LogP contribution < -0.4 is 5.32 Å². The number of nitrogens with one attached hydrogen (secondary N) is 1. The summed E-state index contributed by atoms with van der Waals surface area (Å²) in [5.41, 5.74) is 2.03. The van der Waals surface area contributed by atoms with Gasteiger partial charge in [-0.05, 0) is 64.0 Å². The zero-order valence-electron chi connectivity index (χ0n) is 19.5. The van der Waals surface area contributed by atoms with E-state index in [1.54, 1.807) is 12.1 Å². The van der Waals surface area contributed by atoms with E-state index in [1.165, 1.54) is 17.7 Å². The van der Waals surface area contributed by atoms with Crippen molar-refractivity contribution in [2.24, 2.45) is 5.41 Å². The molecule has 2 aliphatic heterocycles. The first-order chi connectivity index (χ1) is 15.7. The summed E-state index contributed by atoms with van der Waals surface area (Å²) in [7, 11) is -1.89. The smallest absolute Gasteiger partial charge is 0.294 e. The van der Waals surface area contributed by atoms with E-state index in [0.29, 0.717) is 5.91 Å². The lowest BCUT2D eigenvalue weighted by atomic mass is 9.73. The van der Waals surface area contributed by atoms with Crippen molar-refractivity contribution >= 4 is 16.0 Å². The summed E-state index contributed by atoms with van der Waals surface area (Å²) in [6.45, 7) is 7.47. The van der Waals surface area contributed by atoms with Crippen molar-refractivity contribution in [3.63, 3.8) is 0 Å². The summed E-state index contributed by atoms with van der Waals surface area (Å²) in [6, 6.07) is 16.5. The van der Waals surface area contributed by atoms with Gasteiger partial charge < -0.3 is 15.1 Å². The average molecular weight is 474 g/mol. The number of likely N-dealkylation sites (N-methyl/N-ethyl adjacent to an activating group) is 1. The molecule has 8 heteroatoms. The Morgan fingerprint density at radius 2 is 1.55 bits per heavy atom. The molecule has 1 amide bonds. The molecule has 0 spiro atoms. The molecule has 2 heterocycles. The fourth-order valence-electron chi connectivity index (χ4n) is 4.41. The van der Waals surface area contributed by atoms with E-state index in [9.17, 15) is 13.2 Å². The summed E-state index contributed by atoms with van der Waals surface area (Å²) >= 11 is 0. The highest BCUT2D eigenvalue weighted by atomic mass is 32.2. The second-order valence-electron chi connectivity index (χ2n) is 9.08. The zero-order chi connectivity index (χ0) is 23.9. The van der Waals surface area contributed by atoms with Crippen molar-refractivity contribution < 1.29 is 17.8 Å². The van der Waals surface area contributed by atoms with Gasteiger partial charge in [-0.2, -0.15) is 8.42 Å². The number of amides is 1. The Labute approximate surface area is 197 Å². The summed E-state index contributed by atoms with van der Waals surface area (Å²) in [5.74, 6) is 0.381. The number of carbonyl (C=O) groups is 1. The first-order valence-electron chi connectivity index (χ1n) is 11.5. The van der Waals surface area contributed by atoms with Gasteiger partial charge in [-0.3, -0.25) is 9.35 Å². The zero-order valence-corrected chi connectivity index (χ0v) is 20.4. The summed E-state index contributed by atoms with van der Waals surface area (Å²) in [4.78, 5) is 17.6. The van der Waals surface area contributed by atoms with Gasteiger partial charge in [0, 0.05) is 26.2 Å². The molecular weight excluding hydrogens is 438 g/mol. The van der Waals surface area contributed by atoms with Crippen molar-refractivity contribution in [3.8, 4) is 0 Å². The van der Waals surface area contributed by atoms with Crippen LogP contribution in [0.25, 0.3) is 0 Å². The Bertz CT molecular complexity index is 996. The fraction of sp³-hybridized carbons (Fsp3) is 0.480. The monoisotopic (exact) mass is 473 g/mol. The van der Waals surface area contributed by atoms with Crippen molar-refractivity contribution in [2.45, 2.75) is 31.1 Å². The van der Waals surface area contributed by atoms with Gasteiger partial charge in [-0.25, -0.2) is 0 Å². The molecule has 2 fully saturated rings. The lowest BCUT2D eigenvalue weighted by Gasteiger charge is -2.42. The third-order valence-corrected chi connectivity index (χ3v) is 7.38. The molecule has 0 bridgehead atoms. The van der Waals surface area contributed by atoms with Gasteiger partial charge in [0.2, 0.25) is 5.91 Å². The third kappa shape index (κ3) is 7.11. The van der Waals surface area contributed by atoms with Crippen LogP contribution in [0, 0.1) is 12.3 Å². The Balaban J connectivity index is 0.000000235. The molecule has 0 aliphatic carbocycles. The van der Waals surface area contributed by atoms with Crippen LogP contribution in [0.5, 0.6) is 0 Å². The van der Waals surface area contributed by atoms with Crippen LogP contribution in [0.1, 0.15) is 24.0 Å². The number of piperazine rings is 1. The minimum absolute atomic E-state index is 0.0666. The summed E-state index contributed by atoms with van der Waals surface area (Å²) in [6.07, 6.45) is 2.78. The topological polar surface area (TPSA) is 90.0 Å². The van der Waals surface area contributed by atoms with Crippen molar-refractivity contribution in [2.75, 3.05) is 46.3 Å². The molecule has 0 aromatic heterocycles. The van der Waals surface area contributed by atoms with Gasteiger partial charge in [0.05, 0.1) is 10.3 Å². The molecule has 180 valence electrons. The van der Waals surface area contributed by atoms with E-state index in [2.05, 4.69) is 46.4 Å². The van der Waals surface area contributed by atoms with E-state index in [-0.39, 0.29) is 10.3 Å². The molecule has 2 aromatic carbocycles. The Morgan fingerprint density at radius 3 is 2.09 bits per heavy atom. The van der Waals surface area contributed by atoms with Gasteiger partial charge in [-0.15, -0.1) is 0 Å². The minimum atomic E-state index is -4.02. The third-order valence-electron chi connectivity index (χ3n) is 6.51. The number of hydrogen-bond donors (Lipinski definition) is 2. The molecule has 2 aliphatic rings. The van der Waals surface area contributed by atoms with E-state index in [1.807, 2.05) is 13.0 Å². The summed E-state index contributed by atoms with van der Waals surface area (Å²) in [5, 5.41) is 3.41. The van der Waals surface area contributed by atoms with Gasteiger partial charge in [-0.1, -0.05) is 48.0 Å². The molecule has 0 radical (unpaired) electrons. The Kier molecular flexibility index (Phi) is 8.64. The van der Waals surface area contributed by atoms with Gasteiger partial charge >= 0.3 is 0 Å². The van der Waals surface area contributed by atoms with E-state index in [4.69, 9.17) is 4.55 Å². The highest BCUT2D eigenvalue weighted by Gasteiger charge is 2.42. The van der Waals surface area contributed by atoms with Crippen LogP contribution in [0.4, 0.5) is 0 Å². The lowest BCUT2D eigenvalue weighted by Crippen LogP contribution is -2.55. The molecule has 2 N–H and O–H groups in total. The largest absolute Gasteiger partial charge is 0.340 e. The number of hydrogen-bond acceptors (Lipinski definition) is 5. The maximum absolute atomic E-state index is 13.3. The quantitative estimate of drug-likeness (QED) is 0.664. The average Bonchev–Trinajstić information content (AvgIpc) is 2.80. The van der Waals surface area contributed by atoms with E-state index in [0.717, 1.165) is 64.1 Å². The van der Waals surface area contributed by atoms with Crippen molar-refractivity contribution in [1.29, 1.82) is 0 Å². The minimum Gasteiger partial charge on any atom is -0.340 e. The molecule has 2 saturated heterocycles. The normalized spacial score (nSPS) is 18.8. The number of benzene rings is 2. The molecule has 0 atom stereocenters. The standard InChI is InChI=1S/C18H27N3O.C7H8O3S/c1-20-11-13-21(14-12-20)17(22)18(7-9-19-10-8-18)15-16-5-3-2-4-6-16;1-6-2-4-7(5-3-6)11(8,9)10/h2-6,19H,7-15H2,1H3;2-5H,1H3,(H,8,9,10). The fourth-order valence-corrected chi connectivity index (χ4v) is 4.89. The Hall–Kier alpha value is -2.26. The molecule has 0 unspecified atom stereocenters. The van der Waals surface area contributed by atoms with E-state index >= 15 is 0 Å². The van der Waals surface area contributed by atoms with Crippen LogP contribution >= 0.6 is 0 Å². The number of rotatable bonds is 4. The predicted octanol–water partition coefficient (Wildman–Crippen LogP) is 2.61. The molecule has 0 saturated carbocycles. The van der Waals surface area contributed by atoms with Crippen molar-refractivity contribution in [3.05, 3.63) is 65.7 Å². The number of nitrogens with zero attached hydrogens (tertiary/aromatic N) is 2. The molecule has 4 rings (SSSR count). The number of piperidine rings is 1. The number of aryl methyl sites for hydroxylation is 1. The Morgan fingerprint density at radius 1 is 0.970 bits per heavy atom. The van der Waals surface area contributed by atoms with Gasteiger partial charge in [0.25, 0.3) is 10.1 Å². The van der Waals surface area contributed by atoms with Crippen molar-refractivity contribution in [1.82, 2.24) is 15.1 Å². The highest BCUT2D eigenvalue weighted by molar-refractivity contribution is 7.85. The van der Waals surface area contributed by atoms with Crippen LogP contribution in [0.2, 0.25) is 0 Å². The van der Waals surface area contributed by atoms with E-state index < -0.39 is 10.1 Å². The first-order valence-corrected chi connectivity index (χ1v) is 12.9. The van der Waals surface area contributed by atoms with Crippen LogP contribution in [-0.2, 0) is 21.3 Å². The molecule has 2 aromatic rings. The second kappa shape index (κ2) is 11.2. The van der Waals surface area contributed by atoms with Gasteiger partial charge in [0.15, 0.2) is 0 Å². The molecule has 7 nitrogen and oxygen atoms in total. The van der Waals surface area contributed by atoms with Gasteiger partial charge in [0.1, 0.15) is 0 Å². The second-order valence-corrected chi connectivity index (χ2v) is 10.5. The van der Waals surface area contributed by atoms with Crippen LogP contribution in [0.15, 0.2) is 59.5 Å². The molecule has 33 heavy (non-hydrogen) atoms. The van der Waals surface area contributed by atoms with Crippen LogP contribution in [-0.4, -0.2) is 75.0 Å². The first kappa shape index (κ1) is 25.4.